The number of anilines is 1. The van der Waals surface area contributed by atoms with Gasteiger partial charge in [-0.3, -0.25) is 14.1 Å². The maximum Gasteiger partial charge on any atom is 0.244 e. The predicted octanol–water partition coefficient (Wildman–Crippen LogP) is 1.62. The van der Waals surface area contributed by atoms with Crippen molar-refractivity contribution >= 4 is 43.2 Å². The number of thiazole rings is 1. The van der Waals surface area contributed by atoms with Gasteiger partial charge in [0, 0.05) is 25.5 Å². The van der Waals surface area contributed by atoms with Crippen LogP contribution in [0.4, 0.5) is 5.69 Å². The van der Waals surface area contributed by atoms with E-state index in [-0.39, 0.29) is 0 Å². The van der Waals surface area contributed by atoms with Crippen LogP contribution < -0.4 is 14.8 Å². The number of aromatic nitrogens is 2. The number of carbonyl (C=O) groups excluding carboxylic acids is 1. The Bertz CT molecular complexity index is 1080. The fourth-order valence-corrected chi connectivity index (χ4v) is 4.38. The van der Waals surface area contributed by atoms with E-state index < -0.39 is 21.7 Å². The molecule has 0 bridgehead atoms. The SMILES string of the molecule is COc1ccc2sc(-c3cnccc3N(C)S(=O)(=O)CC(N)=O)nc2c1. The topological polar surface area (TPSA) is 115 Å². The number of sulfonamides is 1. The molecule has 3 aromatic rings. The normalized spacial score (nSPS) is 11.5. The van der Waals surface area contributed by atoms with E-state index >= 15 is 0 Å². The second-order valence-electron chi connectivity index (χ2n) is 5.44. The molecule has 8 nitrogen and oxygen atoms in total. The highest BCUT2D eigenvalue weighted by Crippen LogP contribution is 2.36. The lowest BCUT2D eigenvalue weighted by atomic mass is 10.2. The summed E-state index contributed by atoms with van der Waals surface area (Å²) in [6, 6.07) is 7.08. The first-order valence-electron chi connectivity index (χ1n) is 7.45. The number of nitrogens with two attached hydrogens (primary N) is 1. The van der Waals surface area contributed by atoms with Crippen molar-refractivity contribution in [3.63, 3.8) is 0 Å². The molecule has 0 aliphatic carbocycles. The van der Waals surface area contributed by atoms with E-state index in [4.69, 9.17) is 10.5 Å². The Balaban J connectivity index is 2.09. The van der Waals surface area contributed by atoms with E-state index in [1.807, 2.05) is 12.1 Å². The number of nitrogens with zero attached hydrogens (tertiary/aromatic N) is 3. The molecule has 0 saturated carbocycles. The highest BCUT2D eigenvalue weighted by atomic mass is 32.2. The van der Waals surface area contributed by atoms with Gasteiger partial charge in [0.15, 0.2) is 0 Å². The number of fused-ring (bicyclic) bond motifs is 1. The highest BCUT2D eigenvalue weighted by molar-refractivity contribution is 7.93. The Morgan fingerprint density at radius 2 is 2.12 bits per heavy atom. The number of rotatable bonds is 6. The zero-order valence-corrected chi connectivity index (χ0v) is 15.7. The third-order valence-electron chi connectivity index (χ3n) is 3.70. The maximum absolute atomic E-state index is 12.4. The molecule has 26 heavy (non-hydrogen) atoms. The van der Waals surface area contributed by atoms with Crippen molar-refractivity contribution in [2.24, 2.45) is 5.73 Å². The molecule has 2 aromatic heterocycles. The summed E-state index contributed by atoms with van der Waals surface area (Å²) in [5.74, 6) is -1.01. The van der Waals surface area contributed by atoms with E-state index in [1.54, 1.807) is 25.4 Å². The van der Waals surface area contributed by atoms with Crippen LogP contribution in [0.1, 0.15) is 0 Å². The van der Waals surface area contributed by atoms with Gasteiger partial charge in [-0.05, 0) is 18.2 Å². The molecule has 0 aliphatic heterocycles. The molecule has 0 aliphatic rings. The smallest absolute Gasteiger partial charge is 0.244 e. The number of benzene rings is 1. The average Bonchev–Trinajstić information content (AvgIpc) is 3.02. The van der Waals surface area contributed by atoms with Crippen LogP contribution in [0.2, 0.25) is 0 Å². The molecule has 2 N–H and O–H groups in total. The molecule has 10 heteroatoms. The average molecular weight is 392 g/mol. The molecule has 0 radical (unpaired) electrons. The van der Waals surface area contributed by atoms with Gasteiger partial charge in [0.25, 0.3) is 0 Å². The first kappa shape index (κ1) is 18.1. The number of amides is 1. The minimum atomic E-state index is -3.90. The van der Waals surface area contributed by atoms with Crippen molar-refractivity contribution in [1.82, 2.24) is 9.97 Å². The van der Waals surface area contributed by atoms with Gasteiger partial charge < -0.3 is 10.5 Å². The molecule has 0 spiro atoms. The Morgan fingerprint density at radius 1 is 1.35 bits per heavy atom. The number of ether oxygens (including phenoxy) is 1. The van der Waals surface area contributed by atoms with E-state index in [1.165, 1.54) is 24.6 Å². The third kappa shape index (κ3) is 3.46. The predicted molar refractivity (Wildman–Crippen MR) is 101 cm³/mol. The van der Waals surface area contributed by atoms with Crippen LogP contribution in [0.5, 0.6) is 5.75 Å². The van der Waals surface area contributed by atoms with Gasteiger partial charge in [-0.25, -0.2) is 13.4 Å². The lowest BCUT2D eigenvalue weighted by Gasteiger charge is -2.20. The molecular weight excluding hydrogens is 376 g/mol. The Kier molecular flexibility index (Phi) is 4.79. The van der Waals surface area contributed by atoms with Crippen LogP contribution in [0.3, 0.4) is 0 Å². The third-order valence-corrected chi connectivity index (χ3v) is 6.45. The van der Waals surface area contributed by atoms with E-state index in [2.05, 4.69) is 9.97 Å². The summed E-state index contributed by atoms with van der Waals surface area (Å²) in [7, 11) is -0.952. The molecule has 1 amide bonds. The molecule has 2 heterocycles. The molecular formula is C16H16N4O4S2. The summed E-state index contributed by atoms with van der Waals surface area (Å²) in [6.45, 7) is 0. The monoisotopic (exact) mass is 392 g/mol. The van der Waals surface area contributed by atoms with Gasteiger partial charge in [0.2, 0.25) is 15.9 Å². The second kappa shape index (κ2) is 6.89. The molecule has 0 saturated heterocycles. The summed E-state index contributed by atoms with van der Waals surface area (Å²) in [5.41, 5.74) is 6.69. The van der Waals surface area contributed by atoms with Crippen molar-refractivity contribution in [2.75, 3.05) is 24.2 Å². The van der Waals surface area contributed by atoms with Gasteiger partial charge in [-0.2, -0.15) is 0 Å². The second-order valence-corrected chi connectivity index (χ2v) is 8.47. The number of hydrogen-bond acceptors (Lipinski definition) is 7. The molecule has 136 valence electrons. The molecule has 0 fully saturated rings. The lowest BCUT2D eigenvalue weighted by molar-refractivity contribution is -0.115. The van der Waals surface area contributed by atoms with E-state index in [0.29, 0.717) is 22.0 Å². The van der Waals surface area contributed by atoms with Crippen molar-refractivity contribution in [3.05, 3.63) is 36.7 Å². The van der Waals surface area contributed by atoms with E-state index in [0.717, 1.165) is 14.5 Å². The van der Waals surface area contributed by atoms with Crippen LogP contribution in [-0.2, 0) is 14.8 Å². The van der Waals surface area contributed by atoms with Gasteiger partial charge >= 0.3 is 0 Å². The number of carbonyl (C=O) groups is 1. The fraction of sp³-hybridized carbons (Fsp3) is 0.188. The summed E-state index contributed by atoms with van der Waals surface area (Å²) in [5, 5.41) is 0.609. The van der Waals surface area contributed by atoms with Crippen LogP contribution in [0.25, 0.3) is 20.8 Å². The van der Waals surface area contributed by atoms with Crippen LogP contribution >= 0.6 is 11.3 Å². The lowest BCUT2D eigenvalue weighted by Crippen LogP contribution is -2.35. The fourth-order valence-electron chi connectivity index (χ4n) is 2.40. The summed E-state index contributed by atoms with van der Waals surface area (Å²) >= 11 is 1.41. The highest BCUT2D eigenvalue weighted by Gasteiger charge is 2.24. The zero-order chi connectivity index (χ0) is 18.9. The molecule has 1 aromatic carbocycles. The minimum Gasteiger partial charge on any atom is -0.497 e. The zero-order valence-electron chi connectivity index (χ0n) is 14.0. The van der Waals surface area contributed by atoms with Crippen molar-refractivity contribution in [1.29, 1.82) is 0 Å². The van der Waals surface area contributed by atoms with Gasteiger partial charge in [0.05, 0.1) is 28.6 Å². The summed E-state index contributed by atoms with van der Waals surface area (Å²) < 4.78 is 31.9. The van der Waals surface area contributed by atoms with Crippen LogP contribution in [0.15, 0.2) is 36.7 Å². The van der Waals surface area contributed by atoms with Crippen molar-refractivity contribution in [2.45, 2.75) is 0 Å². The van der Waals surface area contributed by atoms with Gasteiger partial charge in [-0.15, -0.1) is 11.3 Å². The molecule has 0 atom stereocenters. The number of pyridine rings is 1. The summed E-state index contributed by atoms with van der Waals surface area (Å²) in [4.78, 5) is 19.7. The van der Waals surface area contributed by atoms with E-state index in [9.17, 15) is 13.2 Å². The minimum absolute atomic E-state index is 0.368. The Hall–Kier alpha value is -2.72. The maximum atomic E-state index is 12.4. The first-order chi connectivity index (χ1) is 12.3. The van der Waals surface area contributed by atoms with Crippen LogP contribution in [-0.4, -0.2) is 44.2 Å². The Morgan fingerprint density at radius 3 is 2.81 bits per heavy atom. The number of methoxy groups -OCH3 is 1. The number of primary amides is 1. The molecule has 0 unspecified atom stereocenters. The van der Waals surface area contributed by atoms with Crippen molar-refractivity contribution < 1.29 is 17.9 Å². The van der Waals surface area contributed by atoms with Crippen molar-refractivity contribution in [3.8, 4) is 16.3 Å². The summed E-state index contributed by atoms with van der Waals surface area (Å²) in [6.07, 6.45) is 3.02. The van der Waals surface area contributed by atoms with Gasteiger partial charge in [0.1, 0.15) is 16.5 Å². The van der Waals surface area contributed by atoms with Gasteiger partial charge in [-0.1, -0.05) is 0 Å². The quantitative estimate of drug-likeness (QED) is 0.681. The molecule has 3 rings (SSSR count). The Labute approximate surface area is 154 Å². The van der Waals surface area contributed by atoms with Crippen LogP contribution in [0, 0.1) is 0 Å². The first-order valence-corrected chi connectivity index (χ1v) is 9.88. The standard InChI is InChI=1S/C16H16N4O4S2/c1-20(26(22,23)9-15(17)21)13-5-6-18-8-11(13)16-19-12-7-10(24-2)3-4-14(12)25-16/h3-8H,9H2,1-2H3,(H2,17,21). The largest absolute Gasteiger partial charge is 0.497 e. The number of hydrogen-bond donors (Lipinski definition) is 1.